The number of benzene rings is 2. The Morgan fingerprint density at radius 1 is 1.10 bits per heavy atom. The molecule has 20 heavy (non-hydrogen) atoms. The second kappa shape index (κ2) is 6.69. The molecule has 0 fully saturated rings. The SMILES string of the molecule is Cc1ccc(C)c(C(=O)COCc2ccc(Cl)cc2)c1. The van der Waals surface area contributed by atoms with E-state index in [1.807, 2.05) is 56.3 Å². The van der Waals surface area contributed by atoms with E-state index in [1.165, 1.54) is 0 Å². The van der Waals surface area contributed by atoms with E-state index in [2.05, 4.69) is 0 Å². The second-order valence-electron chi connectivity index (χ2n) is 4.86. The molecule has 2 aromatic carbocycles. The third kappa shape index (κ3) is 3.92. The first-order valence-corrected chi connectivity index (χ1v) is 6.86. The smallest absolute Gasteiger partial charge is 0.188 e. The first kappa shape index (κ1) is 14.8. The number of carbonyl (C=O) groups excluding carboxylic acids is 1. The van der Waals surface area contributed by atoms with E-state index in [0.717, 1.165) is 22.3 Å². The monoisotopic (exact) mass is 288 g/mol. The zero-order chi connectivity index (χ0) is 14.5. The number of carbonyl (C=O) groups is 1. The van der Waals surface area contributed by atoms with Gasteiger partial charge in [-0.2, -0.15) is 0 Å². The summed E-state index contributed by atoms with van der Waals surface area (Å²) in [5.74, 6) is 0.0140. The molecule has 0 aliphatic heterocycles. The van der Waals surface area contributed by atoms with Crippen molar-refractivity contribution in [2.45, 2.75) is 20.5 Å². The molecule has 0 heterocycles. The summed E-state index contributed by atoms with van der Waals surface area (Å²) in [4.78, 5) is 12.1. The minimum atomic E-state index is 0.0140. The maximum Gasteiger partial charge on any atom is 0.188 e. The lowest BCUT2D eigenvalue weighted by atomic mass is 10.0. The van der Waals surface area contributed by atoms with Crippen LogP contribution >= 0.6 is 11.6 Å². The van der Waals surface area contributed by atoms with Crippen molar-refractivity contribution in [3.8, 4) is 0 Å². The Bertz CT molecular complexity index is 603. The average molecular weight is 289 g/mol. The molecular weight excluding hydrogens is 272 g/mol. The maximum atomic E-state index is 12.1. The molecule has 2 aromatic rings. The Morgan fingerprint density at radius 3 is 2.50 bits per heavy atom. The minimum Gasteiger partial charge on any atom is -0.369 e. The molecule has 0 unspecified atom stereocenters. The van der Waals surface area contributed by atoms with E-state index in [9.17, 15) is 4.79 Å². The van der Waals surface area contributed by atoms with Crippen LogP contribution in [0.1, 0.15) is 27.0 Å². The van der Waals surface area contributed by atoms with Crippen LogP contribution in [0, 0.1) is 13.8 Å². The van der Waals surface area contributed by atoms with E-state index in [-0.39, 0.29) is 12.4 Å². The Morgan fingerprint density at radius 2 is 1.80 bits per heavy atom. The summed E-state index contributed by atoms with van der Waals surface area (Å²) >= 11 is 5.81. The van der Waals surface area contributed by atoms with E-state index >= 15 is 0 Å². The fourth-order valence-electron chi connectivity index (χ4n) is 1.96. The van der Waals surface area contributed by atoms with Gasteiger partial charge in [0.05, 0.1) is 6.61 Å². The molecule has 0 amide bonds. The van der Waals surface area contributed by atoms with Crippen LogP contribution in [0.15, 0.2) is 42.5 Å². The third-order valence-electron chi connectivity index (χ3n) is 3.11. The molecule has 0 aliphatic rings. The summed E-state index contributed by atoms with van der Waals surface area (Å²) in [5, 5.41) is 0.695. The van der Waals surface area contributed by atoms with Gasteiger partial charge in [0.1, 0.15) is 6.61 Å². The van der Waals surface area contributed by atoms with Gasteiger partial charge in [-0.25, -0.2) is 0 Å². The van der Waals surface area contributed by atoms with Crippen LogP contribution in [-0.2, 0) is 11.3 Å². The lowest BCUT2D eigenvalue weighted by Crippen LogP contribution is -2.10. The summed E-state index contributed by atoms with van der Waals surface area (Å²) in [6.07, 6.45) is 0. The van der Waals surface area contributed by atoms with Gasteiger partial charge in [-0.05, 0) is 43.2 Å². The molecule has 0 aliphatic carbocycles. The van der Waals surface area contributed by atoms with Crippen LogP contribution in [0.4, 0.5) is 0 Å². The predicted molar refractivity (Wildman–Crippen MR) is 81.4 cm³/mol. The van der Waals surface area contributed by atoms with E-state index in [0.29, 0.717) is 11.6 Å². The van der Waals surface area contributed by atoms with Crippen molar-refractivity contribution < 1.29 is 9.53 Å². The largest absolute Gasteiger partial charge is 0.369 e. The highest BCUT2D eigenvalue weighted by molar-refractivity contribution is 6.30. The highest BCUT2D eigenvalue weighted by Gasteiger charge is 2.09. The third-order valence-corrected chi connectivity index (χ3v) is 3.36. The number of aryl methyl sites for hydroxylation is 2. The first-order valence-electron chi connectivity index (χ1n) is 6.49. The molecule has 0 spiro atoms. The van der Waals surface area contributed by atoms with Gasteiger partial charge in [0, 0.05) is 10.6 Å². The molecule has 0 N–H and O–H groups in total. The van der Waals surface area contributed by atoms with Crippen LogP contribution in [0.25, 0.3) is 0 Å². The zero-order valence-electron chi connectivity index (χ0n) is 11.7. The molecule has 0 aromatic heterocycles. The number of ketones is 1. The number of Topliss-reactive ketones (excluding diaryl/α,β-unsaturated/α-hetero) is 1. The van der Waals surface area contributed by atoms with Crippen LogP contribution in [0.3, 0.4) is 0 Å². The summed E-state index contributed by atoms with van der Waals surface area (Å²) in [5.41, 5.74) is 3.80. The van der Waals surface area contributed by atoms with Crippen molar-refractivity contribution in [3.63, 3.8) is 0 Å². The lowest BCUT2D eigenvalue weighted by Gasteiger charge is -2.07. The standard InChI is InChI=1S/C17H17ClO2/c1-12-3-4-13(2)16(9-12)17(19)11-20-10-14-5-7-15(18)8-6-14/h3-9H,10-11H2,1-2H3. The minimum absolute atomic E-state index is 0.0140. The van der Waals surface area contributed by atoms with Crippen molar-refractivity contribution in [1.29, 1.82) is 0 Å². The van der Waals surface area contributed by atoms with Gasteiger partial charge >= 0.3 is 0 Å². The van der Waals surface area contributed by atoms with Crippen LogP contribution in [0.2, 0.25) is 5.02 Å². The molecule has 0 radical (unpaired) electrons. The van der Waals surface area contributed by atoms with Crippen LogP contribution in [0.5, 0.6) is 0 Å². The summed E-state index contributed by atoms with van der Waals surface area (Å²) in [7, 11) is 0. The molecule has 3 heteroatoms. The van der Waals surface area contributed by atoms with Gasteiger partial charge in [0.25, 0.3) is 0 Å². The molecule has 0 saturated heterocycles. The van der Waals surface area contributed by atoms with Gasteiger partial charge in [-0.3, -0.25) is 4.79 Å². The summed E-state index contributed by atoms with van der Waals surface area (Å²) < 4.78 is 5.48. The normalized spacial score (nSPS) is 10.6. The van der Waals surface area contributed by atoms with E-state index in [1.54, 1.807) is 0 Å². The highest BCUT2D eigenvalue weighted by Crippen LogP contribution is 2.13. The Hall–Kier alpha value is -1.64. The molecule has 104 valence electrons. The van der Waals surface area contributed by atoms with Crippen molar-refractivity contribution >= 4 is 17.4 Å². The molecule has 2 rings (SSSR count). The fraction of sp³-hybridized carbons (Fsp3) is 0.235. The number of rotatable bonds is 5. The molecule has 2 nitrogen and oxygen atoms in total. The quantitative estimate of drug-likeness (QED) is 0.764. The predicted octanol–water partition coefficient (Wildman–Crippen LogP) is 4.36. The first-order chi connectivity index (χ1) is 9.56. The summed E-state index contributed by atoms with van der Waals surface area (Å²) in [6.45, 7) is 4.41. The number of hydrogen-bond donors (Lipinski definition) is 0. The van der Waals surface area contributed by atoms with E-state index < -0.39 is 0 Å². The highest BCUT2D eigenvalue weighted by atomic mass is 35.5. The van der Waals surface area contributed by atoms with Crippen molar-refractivity contribution in [1.82, 2.24) is 0 Å². The number of halogens is 1. The topological polar surface area (TPSA) is 26.3 Å². The van der Waals surface area contributed by atoms with Gasteiger partial charge in [0.15, 0.2) is 5.78 Å². The van der Waals surface area contributed by atoms with Gasteiger partial charge in [0.2, 0.25) is 0 Å². The second-order valence-corrected chi connectivity index (χ2v) is 5.30. The van der Waals surface area contributed by atoms with Crippen molar-refractivity contribution in [2.24, 2.45) is 0 Å². The van der Waals surface area contributed by atoms with Gasteiger partial charge in [-0.1, -0.05) is 41.4 Å². The van der Waals surface area contributed by atoms with Crippen molar-refractivity contribution in [2.75, 3.05) is 6.61 Å². The van der Waals surface area contributed by atoms with Crippen LogP contribution in [-0.4, -0.2) is 12.4 Å². The zero-order valence-corrected chi connectivity index (χ0v) is 12.4. The molecule has 0 atom stereocenters. The van der Waals surface area contributed by atoms with Crippen LogP contribution < -0.4 is 0 Å². The Balaban J connectivity index is 1.92. The molecule has 0 bridgehead atoms. The van der Waals surface area contributed by atoms with Gasteiger partial charge in [-0.15, -0.1) is 0 Å². The Kier molecular flexibility index (Phi) is 4.94. The summed E-state index contributed by atoms with van der Waals surface area (Å²) in [6, 6.07) is 13.3. The molecule has 0 saturated carbocycles. The maximum absolute atomic E-state index is 12.1. The van der Waals surface area contributed by atoms with Gasteiger partial charge < -0.3 is 4.74 Å². The van der Waals surface area contributed by atoms with Crippen molar-refractivity contribution in [3.05, 3.63) is 69.7 Å². The van der Waals surface area contributed by atoms with E-state index in [4.69, 9.17) is 16.3 Å². The average Bonchev–Trinajstić information content (AvgIpc) is 2.43. The lowest BCUT2D eigenvalue weighted by molar-refractivity contribution is 0.0726. The number of ether oxygens (including phenoxy) is 1. The number of hydrogen-bond acceptors (Lipinski definition) is 2. The Labute approximate surface area is 124 Å². The molecular formula is C17H17ClO2. The fourth-order valence-corrected chi connectivity index (χ4v) is 2.08.